The van der Waals surface area contributed by atoms with Crippen molar-refractivity contribution in [2.24, 2.45) is 0 Å². The summed E-state index contributed by atoms with van der Waals surface area (Å²) in [4.78, 5) is 33.8. The van der Waals surface area contributed by atoms with E-state index in [0.717, 1.165) is 29.7 Å². The Morgan fingerprint density at radius 2 is 1.79 bits per heavy atom. The van der Waals surface area contributed by atoms with Crippen molar-refractivity contribution in [3.63, 3.8) is 0 Å². The number of aromatic nitrogens is 3. The van der Waals surface area contributed by atoms with E-state index >= 15 is 0 Å². The van der Waals surface area contributed by atoms with Crippen LogP contribution >= 0.6 is 0 Å². The number of rotatable bonds is 4. The van der Waals surface area contributed by atoms with Gasteiger partial charge < -0.3 is 9.80 Å². The van der Waals surface area contributed by atoms with Crippen molar-refractivity contribution in [2.75, 3.05) is 33.2 Å². The first-order valence-electron chi connectivity index (χ1n) is 9.46. The van der Waals surface area contributed by atoms with Gasteiger partial charge in [0.25, 0.3) is 5.56 Å². The molecule has 1 amide bonds. The van der Waals surface area contributed by atoms with Gasteiger partial charge in [-0.15, -0.1) is 0 Å². The van der Waals surface area contributed by atoms with Crippen molar-refractivity contribution in [1.82, 2.24) is 24.6 Å². The zero-order chi connectivity index (χ0) is 19.5. The maximum absolute atomic E-state index is 12.9. The first-order chi connectivity index (χ1) is 13.6. The molecule has 1 saturated heterocycles. The number of carbonyl (C=O) groups is 1. The standard InChI is InChI=1S/C21H23N5O2/c1-24-9-11-25(12-10-24)20(27)15-26-21(28)18-7-3-2-6-17(18)19(23-26)13-16-5-4-8-22-14-16/h2-8,14H,9-13,15H2,1H3. The summed E-state index contributed by atoms with van der Waals surface area (Å²) in [7, 11) is 2.04. The molecule has 0 saturated carbocycles. The van der Waals surface area contributed by atoms with Crippen LogP contribution in [0.25, 0.3) is 10.8 Å². The summed E-state index contributed by atoms with van der Waals surface area (Å²) in [6.45, 7) is 3.02. The number of benzene rings is 1. The zero-order valence-electron chi connectivity index (χ0n) is 15.9. The Balaban J connectivity index is 1.67. The molecule has 144 valence electrons. The van der Waals surface area contributed by atoms with Gasteiger partial charge in [0.05, 0.1) is 11.1 Å². The highest BCUT2D eigenvalue weighted by molar-refractivity contribution is 5.84. The lowest BCUT2D eigenvalue weighted by Crippen LogP contribution is -2.48. The molecular formula is C21H23N5O2. The van der Waals surface area contributed by atoms with Crippen molar-refractivity contribution < 1.29 is 4.79 Å². The number of carbonyl (C=O) groups excluding carboxylic acids is 1. The molecule has 1 aromatic carbocycles. The third-order valence-corrected chi connectivity index (χ3v) is 5.18. The molecule has 2 aromatic heterocycles. The number of hydrogen-bond acceptors (Lipinski definition) is 5. The normalized spacial score (nSPS) is 15.1. The Kier molecular flexibility index (Phi) is 5.16. The van der Waals surface area contributed by atoms with Crippen LogP contribution in [0.1, 0.15) is 11.3 Å². The first-order valence-corrected chi connectivity index (χ1v) is 9.46. The van der Waals surface area contributed by atoms with Gasteiger partial charge in [-0.25, -0.2) is 4.68 Å². The van der Waals surface area contributed by atoms with Crippen molar-refractivity contribution in [3.8, 4) is 0 Å². The van der Waals surface area contributed by atoms with Crippen molar-refractivity contribution in [3.05, 3.63) is 70.4 Å². The van der Waals surface area contributed by atoms with Crippen LogP contribution < -0.4 is 5.56 Å². The van der Waals surface area contributed by atoms with Gasteiger partial charge in [0.1, 0.15) is 6.54 Å². The van der Waals surface area contributed by atoms with Gasteiger partial charge in [-0.2, -0.15) is 5.10 Å². The lowest BCUT2D eigenvalue weighted by Gasteiger charge is -2.32. The fourth-order valence-electron chi connectivity index (χ4n) is 3.52. The SMILES string of the molecule is CN1CCN(C(=O)Cn2nc(Cc3cccnc3)c3ccccc3c2=O)CC1. The topological polar surface area (TPSA) is 71.3 Å². The molecular weight excluding hydrogens is 354 g/mol. The summed E-state index contributed by atoms with van der Waals surface area (Å²) in [6, 6.07) is 11.3. The van der Waals surface area contributed by atoms with Crippen LogP contribution in [0.2, 0.25) is 0 Å². The quantitative estimate of drug-likeness (QED) is 0.682. The number of piperazine rings is 1. The second-order valence-electron chi connectivity index (χ2n) is 7.18. The maximum atomic E-state index is 12.9. The molecule has 28 heavy (non-hydrogen) atoms. The molecule has 0 atom stereocenters. The number of pyridine rings is 1. The van der Waals surface area contributed by atoms with E-state index in [2.05, 4.69) is 15.0 Å². The van der Waals surface area contributed by atoms with E-state index < -0.39 is 0 Å². The van der Waals surface area contributed by atoms with Gasteiger partial charge in [0.2, 0.25) is 5.91 Å². The van der Waals surface area contributed by atoms with E-state index in [0.29, 0.717) is 24.9 Å². The summed E-state index contributed by atoms with van der Waals surface area (Å²) in [5.74, 6) is -0.0645. The van der Waals surface area contributed by atoms with Gasteiger partial charge in [-0.05, 0) is 24.7 Å². The minimum absolute atomic E-state index is 0.0343. The molecule has 0 unspecified atom stereocenters. The molecule has 1 aliphatic rings. The Bertz CT molecular complexity index is 1040. The summed E-state index contributed by atoms with van der Waals surface area (Å²) < 4.78 is 1.31. The van der Waals surface area contributed by atoms with Crippen LogP contribution in [-0.2, 0) is 17.8 Å². The van der Waals surface area contributed by atoms with E-state index in [1.165, 1.54) is 4.68 Å². The lowest BCUT2D eigenvalue weighted by atomic mass is 10.1. The average molecular weight is 377 g/mol. The fraction of sp³-hybridized carbons (Fsp3) is 0.333. The smallest absolute Gasteiger partial charge is 0.275 e. The zero-order valence-corrected chi connectivity index (χ0v) is 15.9. The van der Waals surface area contributed by atoms with Gasteiger partial charge >= 0.3 is 0 Å². The van der Waals surface area contributed by atoms with Crippen LogP contribution in [0.4, 0.5) is 0 Å². The largest absolute Gasteiger partial charge is 0.339 e. The summed E-state index contributed by atoms with van der Waals surface area (Å²) in [5.41, 5.74) is 1.55. The fourth-order valence-corrected chi connectivity index (χ4v) is 3.52. The van der Waals surface area contributed by atoms with Gasteiger partial charge in [0, 0.05) is 50.4 Å². The van der Waals surface area contributed by atoms with Crippen LogP contribution in [-0.4, -0.2) is 63.7 Å². The molecule has 7 heteroatoms. The maximum Gasteiger partial charge on any atom is 0.275 e. The molecule has 7 nitrogen and oxygen atoms in total. The van der Waals surface area contributed by atoms with Crippen molar-refractivity contribution in [2.45, 2.75) is 13.0 Å². The molecule has 0 aliphatic carbocycles. The summed E-state index contributed by atoms with van der Waals surface area (Å²) in [6.07, 6.45) is 4.07. The monoisotopic (exact) mass is 377 g/mol. The molecule has 3 heterocycles. The number of fused-ring (bicyclic) bond motifs is 1. The Labute approximate surface area is 163 Å². The first kappa shape index (κ1) is 18.3. The van der Waals surface area contributed by atoms with Gasteiger partial charge in [-0.3, -0.25) is 14.6 Å². The molecule has 3 aromatic rings. The second-order valence-corrected chi connectivity index (χ2v) is 7.18. The Morgan fingerprint density at radius 1 is 1.04 bits per heavy atom. The minimum atomic E-state index is -0.229. The van der Waals surface area contributed by atoms with Crippen LogP contribution in [0.15, 0.2) is 53.6 Å². The van der Waals surface area contributed by atoms with E-state index in [-0.39, 0.29) is 18.0 Å². The van der Waals surface area contributed by atoms with Crippen LogP contribution in [0.3, 0.4) is 0 Å². The summed E-state index contributed by atoms with van der Waals surface area (Å²) in [5, 5.41) is 5.97. The van der Waals surface area contributed by atoms with E-state index in [1.807, 2.05) is 42.3 Å². The third-order valence-electron chi connectivity index (χ3n) is 5.18. The number of hydrogen-bond donors (Lipinski definition) is 0. The predicted molar refractivity (Wildman–Crippen MR) is 107 cm³/mol. The number of amides is 1. The lowest BCUT2D eigenvalue weighted by molar-refractivity contribution is -0.133. The van der Waals surface area contributed by atoms with Crippen molar-refractivity contribution >= 4 is 16.7 Å². The van der Waals surface area contributed by atoms with Crippen molar-refractivity contribution in [1.29, 1.82) is 0 Å². The number of nitrogens with zero attached hydrogens (tertiary/aromatic N) is 5. The highest BCUT2D eigenvalue weighted by atomic mass is 16.2. The molecule has 0 spiro atoms. The van der Waals surface area contributed by atoms with Crippen LogP contribution in [0, 0.1) is 0 Å². The van der Waals surface area contributed by atoms with E-state index in [4.69, 9.17) is 0 Å². The molecule has 1 fully saturated rings. The average Bonchev–Trinajstić information content (AvgIpc) is 2.72. The molecule has 0 bridgehead atoms. The van der Waals surface area contributed by atoms with Gasteiger partial charge in [-0.1, -0.05) is 24.3 Å². The highest BCUT2D eigenvalue weighted by Crippen LogP contribution is 2.16. The van der Waals surface area contributed by atoms with Crippen LogP contribution in [0.5, 0.6) is 0 Å². The Morgan fingerprint density at radius 3 is 2.50 bits per heavy atom. The predicted octanol–water partition coefficient (Wildman–Crippen LogP) is 1.16. The molecule has 0 radical (unpaired) electrons. The van der Waals surface area contributed by atoms with Gasteiger partial charge in [0.15, 0.2) is 0 Å². The molecule has 1 aliphatic heterocycles. The Hall–Kier alpha value is -3.06. The molecule has 4 rings (SSSR count). The third kappa shape index (κ3) is 3.80. The number of likely N-dealkylation sites (N-methyl/N-ethyl adjacent to an activating group) is 1. The van der Waals surface area contributed by atoms with E-state index in [9.17, 15) is 9.59 Å². The second kappa shape index (κ2) is 7.90. The molecule has 0 N–H and O–H groups in total. The minimum Gasteiger partial charge on any atom is -0.339 e. The highest BCUT2D eigenvalue weighted by Gasteiger charge is 2.21. The van der Waals surface area contributed by atoms with E-state index in [1.54, 1.807) is 18.5 Å². The summed E-state index contributed by atoms with van der Waals surface area (Å²) >= 11 is 0.